The van der Waals surface area contributed by atoms with Crippen LogP contribution in [-0.2, 0) is 4.79 Å². The first kappa shape index (κ1) is 13.9. The fourth-order valence-corrected chi connectivity index (χ4v) is 2.99. The van der Waals surface area contributed by atoms with Gasteiger partial charge in [-0.25, -0.2) is 18.6 Å². The number of amides is 1. The lowest BCUT2D eigenvalue weighted by molar-refractivity contribution is -0.147. The molecule has 0 aliphatic carbocycles. The fraction of sp³-hybridized carbons (Fsp3) is 0.500. The summed E-state index contributed by atoms with van der Waals surface area (Å²) in [7, 11) is 0. The first-order valence-corrected chi connectivity index (χ1v) is 6.66. The molecule has 0 N–H and O–H groups in total. The first-order chi connectivity index (χ1) is 9.97. The Balaban J connectivity index is 1.94. The van der Waals surface area contributed by atoms with Crippen molar-refractivity contribution in [3.8, 4) is 0 Å². The summed E-state index contributed by atoms with van der Waals surface area (Å²) in [5.74, 6) is -0.548. The van der Waals surface area contributed by atoms with Crippen LogP contribution in [0, 0.1) is 12.0 Å². The van der Waals surface area contributed by atoms with E-state index >= 15 is 0 Å². The lowest BCUT2D eigenvalue weighted by Crippen LogP contribution is -2.39. The molecule has 3 rings (SSSR count). The zero-order chi connectivity index (χ0) is 15.2. The summed E-state index contributed by atoms with van der Waals surface area (Å²) < 4.78 is 26.4. The van der Waals surface area contributed by atoms with Gasteiger partial charge in [-0.15, -0.1) is 0 Å². The van der Waals surface area contributed by atoms with Crippen LogP contribution in [0.5, 0.6) is 0 Å². The fourth-order valence-electron chi connectivity index (χ4n) is 2.99. The zero-order valence-corrected chi connectivity index (χ0v) is 11.5. The molecular weight excluding hydrogens is 278 g/mol. The van der Waals surface area contributed by atoms with Crippen LogP contribution in [0.4, 0.5) is 14.5 Å². The lowest BCUT2D eigenvalue weighted by Gasteiger charge is -2.26. The minimum absolute atomic E-state index is 0.0376. The van der Waals surface area contributed by atoms with Crippen LogP contribution in [0.2, 0.25) is 0 Å². The number of carbonyl (C=O) groups is 1. The molecule has 1 amide bonds. The maximum Gasteiger partial charge on any atom is 0.254 e. The van der Waals surface area contributed by atoms with Crippen molar-refractivity contribution in [3.05, 3.63) is 35.4 Å². The molecule has 2 saturated heterocycles. The molecule has 110 valence electrons. The highest BCUT2D eigenvalue weighted by Gasteiger charge is 2.57. The highest BCUT2D eigenvalue weighted by atomic mass is 19.3. The monoisotopic (exact) mass is 292 g/mol. The van der Waals surface area contributed by atoms with Gasteiger partial charge in [0.25, 0.3) is 12.3 Å². The van der Waals surface area contributed by atoms with Crippen molar-refractivity contribution >= 4 is 11.6 Å². The Labute approximate surface area is 121 Å². The van der Waals surface area contributed by atoms with Crippen molar-refractivity contribution in [2.45, 2.75) is 25.8 Å². The van der Waals surface area contributed by atoms with E-state index in [9.17, 15) is 13.6 Å². The highest BCUT2D eigenvalue weighted by molar-refractivity contribution is 5.85. The Kier molecular flexibility index (Phi) is 3.14. The number of hydrogen-bond donors (Lipinski definition) is 0. The van der Waals surface area contributed by atoms with E-state index in [4.69, 9.17) is 6.57 Å². The summed E-state index contributed by atoms with van der Waals surface area (Å²) in [6.45, 7) is 8.91. The molecule has 1 aromatic heterocycles. The average Bonchev–Trinajstić information content (AvgIpc) is 2.99. The van der Waals surface area contributed by atoms with Gasteiger partial charge < -0.3 is 0 Å². The van der Waals surface area contributed by atoms with Gasteiger partial charge in [0.1, 0.15) is 5.41 Å². The second-order valence-electron chi connectivity index (χ2n) is 5.65. The van der Waals surface area contributed by atoms with Crippen molar-refractivity contribution in [2.75, 3.05) is 13.1 Å². The molecule has 2 fully saturated rings. The number of alkyl halides is 2. The van der Waals surface area contributed by atoms with Gasteiger partial charge in [0.2, 0.25) is 5.69 Å². The Morgan fingerprint density at radius 1 is 1.52 bits per heavy atom. The molecule has 7 heteroatoms. The highest BCUT2D eigenvalue weighted by Crippen LogP contribution is 2.45. The van der Waals surface area contributed by atoms with E-state index in [-0.39, 0.29) is 12.6 Å². The molecule has 2 atom stereocenters. The number of nitrogens with zero attached hydrogens (tertiary/aromatic N) is 4. The van der Waals surface area contributed by atoms with Crippen LogP contribution in [0.3, 0.4) is 0 Å². The van der Waals surface area contributed by atoms with Crippen LogP contribution >= 0.6 is 0 Å². The van der Waals surface area contributed by atoms with Crippen LogP contribution in [-0.4, -0.2) is 40.4 Å². The molecule has 1 aromatic rings. The van der Waals surface area contributed by atoms with Gasteiger partial charge in [-0.3, -0.25) is 14.8 Å². The number of hydrogen-bond acceptors (Lipinski definition) is 3. The summed E-state index contributed by atoms with van der Waals surface area (Å²) in [5.41, 5.74) is -0.546. The Bertz CT molecular complexity index is 630. The molecule has 0 spiro atoms. The first-order valence-electron chi connectivity index (χ1n) is 6.66. The normalized spacial score (nSPS) is 29.0. The predicted molar refractivity (Wildman–Crippen MR) is 70.4 cm³/mol. The maximum absolute atomic E-state index is 13.2. The second kappa shape index (κ2) is 4.74. The molecular formula is C14H14F2N4O. The number of rotatable bonds is 2. The molecule has 5 nitrogen and oxygen atoms in total. The standard InChI is InChI=1S/C14H14F2N4O/c1-14(12(15)16)8-19-4-3-11(20(19)13(14)21)9-5-10(17-2)7-18-6-9/h5-7,11-12H,3-4,8H2,1H3/t11-,14+/m1/s1. The van der Waals surface area contributed by atoms with Crippen LogP contribution in [0.15, 0.2) is 18.5 Å². The van der Waals surface area contributed by atoms with E-state index in [1.54, 1.807) is 17.3 Å². The average molecular weight is 292 g/mol. The molecule has 21 heavy (non-hydrogen) atoms. The summed E-state index contributed by atoms with van der Waals surface area (Å²) in [6, 6.07) is 1.35. The molecule has 0 aromatic carbocycles. The Hall–Kier alpha value is -2.07. The molecule has 2 aliphatic heterocycles. The van der Waals surface area contributed by atoms with Crippen molar-refractivity contribution in [1.82, 2.24) is 15.0 Å². The van der Waals surface area contributed by atoms with Gasteiger partial charge in [-0.05, 0) is 25.0 Å². The van der Waals surface area contributed by atoms with Gasteiger partial charge in [0.05, 0.1) is 12.6 Å². The number of aromatic nitrogens is 1. The number of carbonyl (C=O) groups excluding carboxylic acids is 1. The van der Waals surface area contributed by atoms with E-state index < -0.39 is 17.7 Å². The van der Waals surface area contributed by atoms with Crippen LogP contribution < -0.4 is 0 Å². The van der Waals surface area contributed by atoms with Crippen LogP contribution in [0.25, 0.3) is 4.85 Å². The van der Waals surface area contributed by atoms with E-state index in [1.807, 2.05) is 0 Å². The molecule has 2 aliphatic rings. The SMILES string of the molecule is [C-]#[N+]c1cncc([C@H]2CCN3C[C@@](C)(C(F)F)C(=O)N23)c1. The topological polar surface area (TPSA) is 40.8 Å². The van der Waals surface area contributed by atoms with Crippen LogP contribution in [0.1, 0.15) is 24.9 Å². The Morgan fingerprint density at radius 2 is 2.29 bits per heavy atom. The number of hydrazine groups is 1. The smallest absolute Gasteiger partial charge is 0.254 e. The van der Waals surface area contributed by atoms with Gasteiger partial charge >= 0.3 is 0 Å². The minimum atomic E-state index is -2.69. The number of pyridine rings is 1. The third kappa shape index (κ3) is 1.98. The lowest BCUT2D eigenvalue weighted by atomic mass is 9.90. The van der Waals surface area contributed by atoms with E-state index in [0.29, 0.717) is 18.7 Å². The third-order valence-electron chi connectivity index (χ3n) is 4.21. The van der Waals surface area contributed by atoms with E-state index in [1.165, 1.54) is 18.1 Å². The van der Waals surface area contributed by atoms with Crippen molar-refractivity contribution in [2.24, 2.45) is 5.41 Å². The zero-order valence-electron chi connectivity index (χ0n) is 11.5. The van der Waals surface area contributed by atoms with Gasteiger partial charge in [-0.2, -0.15) is 0 Å². The molecule has 0 saturated carbocycles. The maximum atomic E-state index is 13.2. The quantitative estimate of drug-likeness (QED) is 0.786. The largest absolute Gasteiger partial charge is 0.276 e. The summed E-state index contributed by atoms with van der Waals surface area (Å²) in [6.07, 6.45) is 1.00. The molecule has 0 unspecified atom stereocenters. The van der Waals surface area contributed by atoms with Crippen molar-refractivity contribution < 1.29 is 13.6 Å². The van der Waals surface area contributed by atoms with E-state index in [0.717, 1.165) is 5.56 Å². The molecule has 0 radical (unpaired) electrons. The van der Waals surface area contributed by atoms with E-state index in [2.05, 4.69) is 9.83 Å². The third-order valence-corrected chi connectivity index (χ3v) is 4.21. The summed E-state index contributed by atoms with van der Waals surface area (Å²) in [5, 5.41) is 3.11. The van der Waals surface area contributed by atoms with Gasteiger partial charge in [0.15, 0.2) is 0 Å². The Morgan fingerprint density at radius 3 is 2.95 bits per heavy atom. The summed E-state index contributed by atoms with van der Waals surface area (Å²) >= 11 is 0. The van der Waals surface area contributed by atoms with Gasteiger partial charge in [-0.1, -0.05) is 0 Å². The molecule has 3 heterocycles. The summed E-state index contributed by atoms with van der Waals surface area (Å²) in [4.78, 5) is 19.7. The molecule has 0 bridgehead atoms. The number of fused-ring (bicyclic) bond motifs is 1. The van der Waals surface area contributed by atoms with Crippen molar-refractivity contribution in [1.29, 1.82) is 0 Å². The van der Waals surface area contributed by atoms with Crippen molar-refractivity contribution in [3.63, 3.8) is 0 Å². The predicted octanol–water partition coefficient (Wildman–Crippen LogP) is 2.41. The van der Waals surface area contributed by atoms with Gasteiger partial charge in [0, 0.05) is 25.5 Å². The number of halogens is 2. The second-order valence-corrected chi connectivity index (χ2v) is 5.65. The minimum Gasteiger partial charge on any atom is -0.276 e.